The van der Waals surface area contributed by atoms with Crippen molar-refractivity contribution in [2.45, 2.75) is 13.0 Å². The Hall–Kier alpha value is -9.04. The van der Waals surface area contributed by atoms with Crippen molar-refractivity contribution in [2.24, 2.45) is 5.92 Å². The molecule has 2 unspecified atom stereocenters. The predicted molar refractivity (Wildman–Crippen MR) is 267 cm³/mol. The summed E-state index contributed by atoms with van der Waals surface area (Å²) in [5.41, 5.74) is 10.9. The molecule has 7 heteroatoms. The highest BCUT2D eigenvalue weighted by Crippen LogP contribution is 2.47. The van der Waals surface area contributed by atoms with E-state index in [1.165, 1.54) is 0 Å². The van der Waals surface area contributed by atoms with Gasteiger partial charge in [0.1, 0.15) is 22.3 Å². The number of anilines is 5. The Kier molecular flexibility index (Phi) is 8.24. The van der Waals surface area contributed by atoms with Gasteiger partial charge in [0.15, 0.2) is 11.2 Å². The summed E-state index contributed by atoms with van der Waals surface area (Å²) in [5, 5.41) is 30.1. The maximum absolute atomic E-state index is 9.80. The summed E-state index contributed by atoms with van der Waals surface area (Å²) >= 11 is 0. The van der Waals surface area contributed by atoms with Gasteiger partial charge in [-0.15, -0.1) is 0 Å². The topological polar surface area (TPSA) is 93.5 Å². The molecule has 0 amide bonds. The molecule has 12 aromatic rings. The summed E-state index contributed by atoms with van der Waals surface area (Å²) in [5.74, 6) is 0.0380. The molecular weight excluding hydrogens is 813 g/mol. The molecule has 0 spiro atoms. The van der Waals surface area contributed by atoms with E-state index in [9.17, 15) is 10.5 Å². The number of fused-ring (bicyclic) bond motifs is 13. The Labute approximate surface area is 378 Å². The van der Waals surface area contributed by atoms with Crippen molar-refractivity contribution in [3.05, 3.63) is 199 Å². The Bertz CT molecular complexity index is 4140. The standard InChI is InChI=1S/C59H36N4O3/c1-35-30-37(34-61)18-27-49(35)63(51-13-7-11-48-46-9-3-5-15-53(46)66-59(48)51)42-24-26-44-39(32-42)20-29-55-57(44)56-43-25-23-41(31-38(43)19-28-54(56)64-55)62(40-21-16-36(33-60)17-22-40)50-12-6-10-47-45-8-2-4-14-52(45)65-58(47)50/h2-32,35,49H,1H3. The second-order valence-corrected chi connectivity index (χ2v) is 17.1. The highest BCUT2D eigenvalue weighted by molar-refractivity contribution is 6.27. The van der Waals surface area contributed by atoms with Crippen molar-refractivity contribution >= 4 is 116 Å². The molecule has 2 atom stereocenters. The van der Waals surface area contributed by atoms with Crippen molar-refractivity contribution in [3.8, 4) is 12.1 Å². The van der Waals surface area contributed by atoms with Crippen LogP contribution in [0.25, 0.3) is 87.4 Å². The molecule has 0 fully saturated rings. The molecule has 1 aliphatic carbocycles. The fourth-order valence-electron chi connectivity index (χ4n) is 10.3. The number of nitrogens with zero attached hydrogens (tertiary/aromatic N) is 4. The molecule has 310 valence electrons. The average Bonchev–Trinajstić information content (AvgIpc) is 4.07. The molecular formula is C59H36N4O3. The molecule has 9 aromatic carbocycles. The lowest BCUT2D eigenvalue weighted by molar-refractivity contribution is 0.602. The molecule has 3 heterocycles. The molecule has 13 rings (SSSR count). The molecule has 7 nitrogen and oxygen atoms in total. The van der Waals surface area contributed by atoms with Gasteiger partial charge < -0.3 is 23.1 Å². The quantitative estimate of drug-likeness (QED) is 0.164. The molecule has 0 bridgehead atoms. The van der Waals surface area contributed by atoms with Crippen molar-refractivity contribution < 1.29 is 13.3 Å². The number of para-hydroxylation sites is 4. The van der Waals surface area contributed by atoms with E-state index in [-0.39, 0.29) is 12.0 Å². The van der Waals surface area contributed by atoms with Crippen LogP contribution in [0.5, 0.6) is 0 Å². The third-order valence-electron chi connectivity index (χ3n) is 13.3. The molecule has 0 saturated heterocycles. The normalized spacial score (nSPS) is 15.0. The Balaban J connectivity index is 0.978. The van der Waals surface area contributed by atoms with Crippen LogP contribution in [0.4, 0.5) is 28.4 Å². The molecule has 0 N–H and O–H groups in total. The number of rotatable bonds is 6. The minimum Gasteiger partial charge on any atom is -0.456 e. The molecule has 0 saturated carbocycles. The van der Waals surface area contributed by atoms with E-state index < -0.39 is 0 Å². The van der Waals surface area contributed by atoms with Gasteiger partial charge in [0.25, 0.3) is 0 Å². The van der Waals surface area contributed by atoms with Crippen LogP contribution in [0.2, 0.25) is 0 Å². The molecule has 0 aliphatic heterocycles. The van der Waals surface area contributed by atoms with E-state index in [1.807, 2.05) is 66.7 Å². The summed E-state index contributed by atoms with van der Waals surface area (Å²) in [4.78, 5) is 4.56. The number of furan rings is 3. The van der Waals surface area contributed by atoms with Gasteiger partial charge in [-0.2, -0.15) is 10.5 Å². The summed E-state index contributed by atoms with van der Waals surface area (Å²) in [6, 6.07) is 62.8. The van der Waals surface area contributed by atoms with Crippen LogP contribution in [0.15, 0.2) is 207 Å². The monoisotopic (exact) mass is 848 g/mol. The van der Waals surface area contributed by atoms with Crippen LogP contribution in [-0.4, -0.2) is 6.04 Å². The number of hydrogen-bond donors (Lipinski definition) is 0. The third-order valence-corrected chi connectivity index (χ3v) is 13.3. The van der Waals surface area contributed by atoms with Gasteiger partial charge in [0, 0.05) is 55.0 Å². The fraction of sp³-hybridized carbons (Fsp3) is 0.0508. The molecule has 1 aliphatic rings. The first kappa shape index (κ1) is 37.5. The predicted octanol–water partition coefficient (Wildman–Crippen LogP) is 16.2. The van der Waals surface area contributed by atoms with Gasteiger partial charge in [-0.05, 0) is 118 Å². The largest absolute Gasteiger partial charge is 0.456 e. The molecule has 66 heavy (non-hydrogen) atoms. The van der Waals surface area contributed by atoms with Crippen LogP contribution in [0.3, 0.4) is 0 Å². The van der Waals surface area contributed by atoms with Crippen LogP contribution in [-0.2, 0) is 0 Å². The van der Waals surface area contributed by atoms with E-state index in [0.717, 1.165) is 116 Å². The first-order chi connectivity index (χ1) is 32.5. The molecule has 3 aromatic heterocycles. The summed E-state index contributed by atoms with van der Waals surface area (Å²) < 4.78 is 19.8. The highest BCUT2D eigenvalue weighted by Gasteiger charge is 2.29. The average molecular weight is 849 g/mol. The van der Waals surface area contributed by atoms with E-state index in [1.54, 1.807) is 0 Å². The first-order valence-electron chi connectivity index (χ1n) is 22.0. The first-order valence-corrected chi connectivity index (χ1v) is 22.0. The van der Waals surface area contributed by atoms with Gasteiger partial charge in [-0.3, -0.25) is 0 Å². The molecule has 0 radical (unpaired) electrons. The number of allylic oxidation sites excluding steroid dienone is 2. The lowest BCUT2D eigenvalue weighted by atomic mass is 9.90. The smallest absolute Gasteiger partial charge is 0.159 e. The minimum absolute atomic E-state index is 0.0380. The fourth-order valence-corrected chi connectivity index (χ4v) is 10.3. The third kappa shape index (κ3) is 5.67. The zero-order valence-electron chi connectivity index (χ0n) is 35.6. The SMILES string of the molecule is CC1C=C(C#N)C=CC1N(c1ccc2c(ccc3oc4ccc5cc(N(c6ccc(C#N)cc6)c6cccc7c6oc6ccccc67)ccc5c4c32)c1)c1cccc2c1oc1ccccc12. The number of benzene rings is 9. The Morgan fingerprint density at radius 2 is 1.03 bits per heavy atom. The van der Waals surface area contributed by atoms with Gasteiger partial charge >= 0.3 is 0 Å². The van der Waals surface area contributed by atoms with Gasteiger partial charge in [-0.1, -0.05) is 104 Å². The number of nitriles is 2. The second-order valence-electron chi connectivity index (χ2n) is 17.1. The zero-order valence-corrected chi connectivity index (χ0v) is 35.6. The van der Waals surface area contributed by atoms with Crippen molar-refractivity contribution in [2.75, 3.05) is 9.80 Å². The zero-order chi connectivity index (χ0) is 44.0. The van der Waals surface area contributed by atoms with Crippen LogP contribution in [0, 0.1) is 28.6 Å². The summed E-state index contributed by atoms with van der Waals surface area (Å²) in [7, 11) is 0. The van der Waals surface area contributed by atoms with Gasteiger partial charge in [0.2, 0.25) is 0 Å². The van der Waals surface area contributed by atoms with Gasteiger partial charge in [0.05, 0.1) is 35.1 Å². The van der Waals surface area contributed by atoms with E-state index >= 15 is 0 Å². The van der Waals surface area contributed by atoms with Crippen molar-refractivity contribution in [1.82, 2.24) is 0 Å². The van der Waals surface area contributed by atoms with Crippen LogP contribution >= 0.6 is 0 Å². The van der Waals surface area contributed by atoms with Gasteiger partial charge in [-0.25, -0.2) is 0 Å². The van der Waals surface area contributed by atoms with Crippen molar-refractivity contribution in [3.63, 3.8) is 0 Å². The maximum atomic E-state index is 9.80. The maximum Gasteiger partial charge on any atom is 0.159 e. The highest BCUT2D eigenvalue weighted by atomic mass is 16.3. The second kappa shape index (κ2) is 14.5. The lowest BCUT2D eigenvalue weighted by Crippen LogP contribution is -2.35. The van der Waals surface area contributed by atoms with E-state index in [0.29, 0.717) is 11.1 Å². The van der Waals surface area contributed by atoms with Crippen molar-refractivity contribution in [1.29, 1.82) is 10.5 Å². The van der Waals surface area contributed by atoms with E-state index in [2.05, 4.69) is 150 Å². The lowest BCUT2D eigenvalue weighted by Gasteiger charge is -2.36. The Morgan fingerprint density at radius 1 is 0.470 bits per heavy atom. The Morgan fingerprint density at radius 3 is 1.65 bits per heavy atom. The summed E-state index contributed by atoms with van der Waals surface area (Å²) in [6.45, 7) is 2.17. The number of hydrogen-bond acceptors (Lipinski definition) is 7. The minimum atomic E-state index is -0.0855. The summed E-state index contributed by atoms with van der Waals surface area (Å²) in [6.07, 6.45) is 6.12. The van der Waals surface area contributed by atoms with E-state index in [4.69, 9.17) is 13.3 Å². The van der Waals surface area contributed by atoms with Crippen LogP contribution < -0.4 is 9.80 Å². The van der Waals surface area contributed by atoms with Crippen LogP contribution in [0.1, 0.15) is 12.5 Å².